The normalized spacial score (nSPS) is 18.7. The van der Waals surface area contributed by atoms with Crippen molar-refractivity contribution in [1.82, 2.24) is 4.90 Å². The van der Waals surface area contributed by atoms with Gasteiger partial charge in [0.2, 0.25) is 0 Å². The summed E-state index contributed by atoms with van der Waals surface area (Å²) in [7, 11) is 2.92. The van der Waals surface area contributed by atoms with Crippen molar-refractivity contribution in [3.8, 4) is 5.75 Å². The fourth-order valence-electron chi connectivity index (χ4n) is 5.54. The van der Waals surface area contributed by atoms with Crippen molar-refractivity contribution in [2.45, 2.75) is 30.8 Å². The zero-order valence-electron chi connectivity index (χ0n) is 20.7. The van der Waals surface area contributed by atoms with E-state index in [1.807, 2.05) is 24.3 Å². The number of Topliss-reactive ketones (excluding diaryl/α,β-unsaturated/α-hetero) is 1. The van der Waals surface area contributed by atoms with Crippen LogP contribution in [-0.4, -0.2) is 49.5 Å². The van der Waals surface area contributed by atoms with Gasteiger partial charge < -0.3 is 14.8 Å². The molecule has 0 amide bonds. The van der Waals surface area contributed by atoms with Crippen LogP contribution < -0.4 is 10.1 Å². The number of nitrogens with zero attached hydrogens (tertiary/aromatic N) is 1. The molecule has 0 saturated carbocycles. The van der Waals surface area contributed by atoms with E-state index in [-0.39, 0.29) is 5.78 Å². The zero-order valence-corrected chi connectivity index (χ0v) is 20.7. The number of nitrogens with one attached hydrogen (secondary N) is 1. The van der Waals surface area contributed by atoms with Gasteiger partial charge in [-0.25, -0.2) is 13.6 Å². The maximum Gasteiger partial charge on any atom is 0.337 e. The van der Waals surface area contributed by atoms with Crippen LogP contribution in [0.1, 0.15) is 50.6 Å². The molecular weight excluding hydrogens is 478 g/mol. The number of likely N-dealkylation sites (tertiary alicyclic amines) is 1. The highest BCUT2D eigenvalue weighted by molar-refractivity contribution is 6.09. The summed E-state index contributed by atoms with van der Waals surface area (Å²) in [6, 6.07) is 16.5. The lowest BCUT2D eigenvalue weighted by molar-refractivity contribution is 0.0600. The Morgan fingerprint density at radius 1 is 1.00 bits per heavy atom. The summed E-state index contributed by atoms with van der Waals surface area (Å²) in [5.41, 5.74) is 2.51. The second-order valence-electron chi connectivity index (χ2n) is 9.63. The van der Waals surface area contributed by atoms with E-state index in [0.717, 1.165) is 11.6 Å². The third-order valence-electron chi connectivity index (χ3n) is 7.49. The van der Waals surface area contributed by atoms with Crippen LogP contribution in [0.4, 0.5) is 14.5 Å². The van der Waals surface area contributed by atoms with Gasteiger partial charge in [-0.2, -0.15) is 0 Å². The number of fused-ring (bicyclic) bond motifs is 1. The average Bonchev–Trinajstić information content (AvgIpc) is 2.91. The quantitative estimate of drug-likeness (QED) is 0.481. The number of rotatable bonds is 5. The summed E-state index contributed by atoms with van der Waals surface area (Å²) in [6.07, 6.45) is 1.28. The topological polar surface area (TPSA) is 67.9 Å². The zero-order chi connectivity index (χ0) is 26.2. The molecule has 1 atom stereocenters. The molecule has 3 aromatic carbocycles. The Hall–Kier alpha value is -3.78. The van der Waals surface area contributed by atoms with Gasteiger partial charge in [0.1, 0.15) is 5.75 Å². The molecule has 1 N–H and O–H groups in total. The molecule has 1 saturated heterocycles. The molecule has 2 aliphatic rings. The van der Waals surface area contributed by atoms with E-state index < -0.39 is 29.1 Å². The van der Waals surface area contributed by atoms with E-state index in [1.165, 1.54) is 13.2 Å². The van der Waals surface area contributed by atoms with Gasteiger partial charge in [0, 0.05) is 30.9 Å². The predicted octanol–water partition coefficient (Wildman–Crippen LogP) is 5.19. The highest BCUT2D eigenvalue weighted by Gasteiger charge is 2.49. The molecule has 2 heterocycles. The number of esters is 1. The van der Waals surface area contributed by atoms with Crippen molar-refractivity contribution in [3.63, 3.8) is 0 Å². The smallest absolute Gasteiger partial charge is 0.337 e. The van der Waals surface area contributed by atoms with Crippen molar-refractivity contribution in [2.75, 3.05) is 32.6 Å². The van der Waals surface area contributed by atoms with Crippen LogP contribution in [0.3, 0.4) is 0 Å². The van der Waals surface area contributed by atoms with Gasteiger partial charge in [0.25, 0.3) is 0 Å². The molecule has 37 heavy (non-hydrogen) atoms. The lowest BCUT2D eigenvalue weighted by Gasteiger charge is -2.50. The molecular formula is C29H28F2N2O4. The summed E-state index contributed by atoms with van der Waals surface area (Å²) in [5, 5.41) is 3.64. The largest absolute Gasteiger partial charge is 0.497 e. The van der Waals surface area contributed by atoms with Gasteiger partial charge in [-0.3, -0.25) is 9.69 Å². The SMILES string of the molecule is COC(=O)c1ccc2c(c1)NC1(CCN(Cc3ccc(F)c(F)c3)CC1)C(c1ccc(OC)cc1)C2=O. The Morgan fingerprint density at radius 3 is 2.38 bits per heavy atom. The van der Waals surface area contributed by atoms with E-state index in [1.54, 1.807) is 31.4 Å². The monoisotopic (exact) mass is 506 g/mol. The summed E-state index contributed by atoms with van der Waals surface area (Å²) in [5.74, 6) is -1.94. The van der Waals surface area contributed by atoms with Gasteiger partial charge in [-0.1, -0.05) is 18.2 Å². The number of benzene rings is 3. The first kappa shape index (κ1) is 24.9. The number of hydrogen-bond acceptors (Lipinski definition) is 6. The molecule has 3 aromatic rings. The van der Waals surface area contributed by atoms with Crippen LogP contribution in [0, 0.1) is 11.6 Å². The van der Waals surface area contributed by atoms with Crippen LogP contribution in [0.2, 0.25) is 0 Å². The minimum Gasteiger partial charge on any atom is -0.497 e. The van der Waals surface area contributed by atoms with Crippen molar-refractivity contribution in [3.05, 3.63) is 94.6 Å². The van der Waals surface area contributed by atoms with Crippen LogP contribution in [-0.2, 0) is 11.3 Å². The standard InChI is InChI=1S/C29H28F2N2O4/c1-36-21-7-4-19(5-8-21)26-27(34)22-9-6-20(28(35)37-2)16-25(22)32-29(26)11-13-33(14-12-29)17-18-3-10-23(30)24(31)15-18/h3-10,15-16,26,32H,11-14,17H2,1-2H3. The van der Waals surface area contributed by atoms with Crippen molar-refractivity contribution >= 4 is 17.4 Å². The summed E-state index contributed by atoms with van der Waals surface area (Å²) >= 11 is 0. The third kappa shape index (κ3) is 4.69. The number of carbonyl (C=O) groups is 2. The number of carbonyl (C=O) groups excluding carboxylic acids is 2. The number of hydrogen-bond donors (Lipinski definition) is 1. The van der Waals surface area contributed by atoms with Gasteiger partial charge in [-0.05, 0) is 66.4 Å². The second kappa shape index (κ2) is 9.94. The lowest BCUT2D eigenvalue weighted by atomic mass is 9.67. The Morgan fingerprint density at radius 2 is 1.73 bits per heavy atom. The second-order valence-corrected chi connectivity index (χ2v) is 9.63. The lowest BCUT2D eigenvalue weighted by Crippen LogP contribution is -2.56. The highest BCUT2D eigenvalue weighted by Crippen LogP contribution is 2.47. The first-order valence-electron chi connectivity index (χ1n) is 12.2. The minimum atomic E-state index is -0.862. The van der Waals surface area contributed by atoms with Gasteiger partial charge >= 0.3 is 5.97 Å². The number of ketones is 1. The first-order chi connectivity index (χ1) is 17.8. The van der Waals surface area contributed by atoms with Gasteiger partial charge in [0.15, 0.2) is 17.4 Å². The Bertz CT molecular complexity index is 1330. The fraction of sp³-hybridized carbons (Fsp3) is 0.310. The number of ether oxygens (including phenoxy) is 2. The van der Waals surface area contributed by atoms with E-state index >= 15 is 0 Å². The molecule has 6 nitrogen and oxygen atoms in total. The minimum absolute atomic E-state index is 0.00983. The van der Waals surface area contributed by atoms with Crippen LogP contribution in [0.15, 0.2) is 60.7 Å². The third-order valence-corrected chi connectivity index (χ3v) is 7.49. The van der Waals surface area contributed by atoms with E-state index in [0.29, 0.717) is 60.6 Å². The first-order valence-corrected chi connectivity index (χ1v) is 12.2. The molecule has 192 valence electrons. The molecule has 2 aliphatic heterocycles. The summed E-state index contributed by atoms with van der Waals surface area (Å²) in [6.45, 7) is 1.79. The Balaban J connectivity index is 1.47. The van der Waals surface area contributed by atoms with Crippen molar-refractivity contribution < 1.29 is 27.8 Å². The molecule has 1 unspecified atom stereocenters. The van der Waals surface area contributed by atoms with Crippen LogP contribution in [0.5, 0.6) is 5.75 Å². The highest BCUT2D eigenvalue weighted by atomic mass is 19.2. The molecule has 5 rings (SSSR count). The molecule has 0 radical (unpaired) electrons. The van der Waals surface area contributed by atoms with E-state index in [9.17, 15) is 18.4 Å². The molecule has 0 aromatic heterocycles. The maximum absolute atomic E-state index is 14.0. The number of methoxy groups -OCH3 is 2. The maximum atomic E-state index is 14.0. The van der Waals surface area contributed by atoms with Gasteiger partial charge in [-0.15, -0.1) is 0 Å². The molecule has 0 aliphatic carbocycles. The number of anilines is 1. The number of halogens is 2. The van der Waals surface area contributed by atoms with E-state index in [2.05, 4.69) is 10.2 Å². The van der Waals surface area contributed by atoms with Crippen LogP contribution in [0.25, 0.3) is 0 Å². The molecule has 1 spiro atoms. The molecule has 0 bridgehead atoms. The van der Waals surface area contributed by atoms with Crippen molar-refractivity contribution in [1.29, 1.82) is 0 Å². The summed E-state index contributed by atoms with van der Waals surface area (Å²) < 4.78 is 37.3. The fourth-order valence-corrected chi connectivity index (χ4v) is 5.54. The van der Waals surface area contributed by atoms with E-state index in [4.69, 9.17) is 9.47 Å². The Labute approximate surface area is 214 Å². The average molecular weight is 507 g/mol. The molecule has 8 heteroatoms. The molecule has 1 fully saturated rings. The van der Waals surface area contributed by atoms with Gasteiger partial charge in [0.05, 0.1) is 31.2 Å². The summed E-state index contributed by atoms with van der Waals surface area (Å²) in [4.78, 5) is 28.3. The number of piperidine rings is 1. The van der Waals surface area contributed by atoms with Crippen molar-refractivity contribution in [2.24, 2.45) is 0 Å². The Kier molecular flexibility index (Phi) is 6.69. The predicted molar refractivity (Wildman–Crippen MR) is 135 cm³/mol. The van der Waals surface area contributed by atoms with Crippen LogP contribution >= 0.6 is 0 Å².